The molecule has 1 fully saturated rings. The number of carbonyl (C=O) groups is 1. The van der Waals surface area contributed by atoms with E-state index < -0.39 is 18.0 Å². The number of hydrogen-bond donors (Lipinski definition) is 2. The minimum atomic E-state index is -0.785. The Morgan fingerprint density at radius 3 is 2.72 bits per heavy atom. The molecule has 0 unspecified atom stereocenters. The van der Waals surface area contributed by atoms with Crippen molar-refractivity contribution < 1.29 is 24.5 Å². The molecule has 1 heterocycles. The topological polar surface area (TPSA) is 76.0 Å². The van der Waals surface area contributed by atoms with Crippen molar-refractivity contribution >= 4 is 5.78 Å². The summed E-state index contributed by atoms with van der Waals surface area (Å²) in [5, 5.41) is 20.0. The van der Waals surface area contributed by atoms with Crippen molar-refractivity contribution in [2.24, 2.45) is 0 Å². The number of hydrogen-bond acceptors (Lipinski definition) is 5. The first-order valence-electron chi connectivity index (χ1n) is 9.39. The number of ether oxygens (including phenoxy) is 2. The Bertz CT molecular complexity index is 432. The summed E-state index contributed by atoms with van der Waals surface area (Å²) in [6.45, 7) is 4.68. The first-order valence-corrected chi connectivity index (χ1v) is 9.39. The molecule has 3 atom stereocenters. The Morgan fingerprint density at radius 2 is 2.04 bits per heavy atom. The van der Waals surface area contributed by atoms with Crippen molar-refractivity contribution in [3.63, 3.8) is 0 Å². The second-order valence-electron chi connectivity index (χ2n) is 6.65. The Hall–Kier alpha value is -1.01. The van der Waals surface area contributed by atoms with Crippen LogP contribution in [0.2, 0.25) is 0 Å². The van der Waals surface area contributed by atoms with E-state index in [-0.39, 0.29) is 12.2 Å². The molecule has 25 heavy (non-hydrogen) atoms. The molecule has 5 nitrogen and oxygen atoms in total. The lowest BCUT2D eigenvalue weighted by atomic mass is 9.98. The fourth-order valence-corrected chi connectivity index (χ4v) is 2.98. The largest absolute Gasteiger partial charge is 0.393 e. The molecule has 0 aromatic carbocycles. The van der Waals surface area contributed by atoms with Gasteiger partial charge in [0.25, 0.3) is 0 Å². The van der Waals surface area contributed by atoms with Crippen LogP contribution in [0.3, 0.4) is 0 Å². The first-order chi connectivity index (χ1) is 12.0. The van der Waals surface area contributed by atoms with Gasteiger partial charge in [-0.2, -0.15) is 0 Å². The minimum Gasteiger partial charge on any atom is -0.393 e. The van der Waals surface area contributed by atoms with Crippen molar-refractivity contribution in [3.8, 4) is 0 Å². The summed E-state index contributed by atoms with van der Waals surface area (Å²) < 4.78 is 11.8. The average Bonchev–Trinajstić information content (AvgIpc) is 2.55. The van der Waals surface area contributed by atoms with E-state index in [2.05, 4.69) is 0 Å². The van der Waals surface area contributed by atoms with E-state index in [4.69, 9.17) is 9.47 Å². The average molecular weight is 354 g/mol. The third-order valence-corrected chi connectivity index (χ3v) is 4.40. The van der Waals surface area contributed by atoms with Gasteiger partial charge in [0, 0.05) is 25.7 Å². The lowest BCUT2D eigenvalue weighted by Crippen LogP contribution is -2.44. The van der Waals surface area contributed by atoms with Gasteiger partial charge < -0.3 is 19.7 Å². The Morgan fingerprint density at radius 1 is 1.32 bits per heavy atom. The van der Waals surface area contributed by atoms with Gasteiger partial charge in [-0.25, -0.2) is 0 Å². The van der Waals surface area contributed by atoms with Crippen LogP contribution >= 0.6 is 0 Å². The summed E-state index contributed by atoms with van der Waals surface area (Å²) in [6.07, 6.45) is 11.1. The molecule has 0 aromatic rings. The zero-order valence-corrected chi connectivity index (χ0v) is 15.7. The summed E-state index contributed by atoms with van der Waals surface area (Å²) in [7, 11) is 0. The number of aliphatic hydroxyl groups excluding tert-OH is 2. The monoisotopic (exact) mass is 354 g/mol. The van der Waals surface area contributed by atoms with Gasteiger partial charge in [-0.1, -0.05) is 24.3 Å². The molecule has 1 rings (SSSR count). The highest BCUT2D eigenvalue weighted by atomic mass is 16.7. The highest BCUT2D eigenvalue weighted by molar-refractivity contribution is 5.78. The van der Waals surface area contributed by atoms with Crippen molar-refractivity contribution in [2.45, 2.75) is 83.2 Å². The predicted octanol–water partition coefficient (Wildman–Crippen LogP) is 3.29. The molecule has 1 saturated heterocycles. The lowest BCUT2D eigenvalue weighted by molar-refractivity contribution is -0.275. The Balaban J connectivity index is 2.38. The summed E-state index contributed by atoms with van der Waals surface area (Å²) >= 11 is 0. The predicted molar refractivity (Wildman–Crippen MR) is 98.2 cm³/mol. The van der Waals surface area contributed by atoms with Gasteiger partial charge >= 0.3 is 0 Å². The van der Waals surface area contributed by atoms with Crippen LogP contribution in [0.5, 0.6) is 0 Å². The third kappa shape index (κ3) is 9.31. The lowest BCUT2D eigenvalue weighted by Gasteiger charge is -2.39. The Kier molecular flexibility index (Phi) is 10.9. The van der Waals surface area contributed by atoms with Crippen LogP contribution in [-0.2, 0) is 14.3 Å². The summed E-state index contributed by atoms with van der Waals surface area (Å²) in [5.41, 5.74) is 0. The number of aliphatic hydroxyl groups is 2. The van der Waals surface area contributed by atoms with E-state index in [9.17, 15) is 15.0 Å². The molecular formula is C20H34O5. The fourth-order valence-electron chi connectivity index (χ4n) is 2.98. The number of allylic oxidation sites excluding steroid dienone is 4. The summed E-state index contributed by atoms with van der Waals surface area (Å²) in [6, 6.07) is 0. The molecule has 1 aliphatic heterocycles. The smallest absolute Gasteiger partial charge is 0.171 e. The van der Waals surface area contributed by atoms with Crippen LogP contribution in [0.4, 0.5) is 0 Å². The van der Waals surface area contributed by atoms with Crippen LogP contribution < -0.4 is 0 Å². The molecule has 0 bridgehead atoms. The van der Waals surface area contributed by atoms with Crippen LogP contribution in [0, 0.1) is 0 Å². The molecule has 0 saturated carbocycles. The van der Waals surface area contributed by atoms with Crippen molar-refractivity contribution in [1.82, 2.24) is 0 Å². The quantitative estimate of drug-likeness (QED) is 0.526. The van der Waals surface area contributed by atoms with Crippen LogP contribution in [0.1, 0.15) is 65.2 Å². The zero-order chi connectivity index (χ0) is 18.5. The van der Waals surface area contributed by atoms with Gasteiger partial charge in [0.05, 0.1) is 25.4 Å². The normalized spacial score (nSPS) is 25.7. The van der Waals surface area contributed by atoms with Crippen molar-refractivity contribution in [2.75, 3.05) is 13.2 Å². The van der Waals surface area contributed by atoms with Gasteiger partial charge in [-0.15, -0.1) is 0 Å². The molecular weight excluding hydrogens is 320 g/mol. The second-order valence-corrected chi connectivity index (χ2v) is 6.65. The number of carbonyl (C=O) groups excluding carboxylic acids is 1. The van der Waals surface area contributed by atoms with Crippen molar-refractivity contribution in [1.29, 1.82) is 0 Å². The highest BCUT2D eigenvalue weighted by Crippen LogP contribution is 2.31. The van der Waals surface area contributed by atoms with E-state index in [1.807, 2.05) is 38.2 Å². The van der Waals surface area contributed by atoms with E-state index in [1.165, 1.54) is 0 Å². The van der Waals surface area contributed by atoms with Crippen LogP contribution in [0.15, 0.2) is 24.3 Å². The molecule has 144 valence electrons. The van der Waals surface area contributed by atoms with E-state index >= 15 is 0 Å². The van der Waals surface area contributed by atoms with E-state index in [0.717, 1.165) is 12.8 Å². The number of ketones is 1. The summed E-state index contributed by atoms with van der Waals surface area (Å²) in [4.78, 5) is 11.8. The van der Waals surface area contributed by atoms with Gasteiger partial charge in [0.1, 0.15) is 5.78 Å². The summed E-state index contributed by atoms with van der Waals surface area (Å²) in [5.74, 6) is -0.718. The fraction of sp³-hybridized carbons (Fsp3) is 0.750. The molecule has 0 amide bonds. The van der Waals surface area contributed by atoms with E-state index in [0.29, 0.717) is 45.3 Å². The molecule has 5 heteroatoms. The van der Waals surface area contributed by atoms with Crippen LogP contribution in [0.25, 0.3) is 0 Å². The first kappa shape index (κ1) is 22.0. The van der Waals surface area contributed by atoms with Crippen molar-refractivity contribution in [3.05, 3.63) is 24.3 Å². The maximum Gasteiger partial charge on any atom is 0.171 e. The molecule has 0 spiro atoms. The van der Waals surface area contributed by atoms with Crippen LogP contribution in [-0.4, -0.2) is 47.2 Å². The van der Waals surface area contributed by atoms with Gasteiger partial charge in [0.2, 0.25) is 0 Å². The minimum absolute atomic E-state index is 0.0673. The molecule has 2 N–H and O–H groups in total. The highest BCUT2D eigenvalue weighted by Gasteiger charge is 2.37. The van der Waals surface area contributed by atoms with Gasteiger partial charge in [0.15, 0.2) is 5.79 Å². The van der Waals surface area contributed by atoms with Gasteiger partial charge in [-0.3, -0.25) is 4.79 Å². The Labute approximate surface area is 151 Å². The standard InChI is InChI=1S/C20H34O5/c1-3-5-7-9-17(21)15-18(22)10-13-24-20(12-8-6-4-2)16-19(23)11-14-25-20/h3-6,18-19,22-23H,7-16H2,1-2H3/b5-3+,6-4+/t18-,19-,20+/m0/s1. The zero-order valence-electron chi connectivity index (χ0n) is 15.7. The maximum atomic E-state index is 11.8. The third-order valence-electron chi connectivity index (χ3n) is 4.40. The second kappa shape index (κ2) is 12.4. The van der Waals surface area contributed by atoms with Gasteiger partial charge in [-0.05, 0) is 39.5 Å². The number of rotatable bonds is 12. The SMILES string of the molecule is C/C=C/CCC(=O)C[C@@H](O)CCO[C@@]1(CC/C=C/C)C[C@@H](O)CCO1. The molecule has 0 aliphatic carbocycles. The molecule has 1 aliphatic rings. The number of Topliss-reactive ketones (excluding diaryl/α,β-unsaturated/α-hetero) is 1. The molecule has 0 radical (unpaired) electrons. The molecule has 0 aromatic heterocycles. The maximum absolute atomic E-state index is 11.8. The van der Waals surface area contributed by atoms with E-state index in [1.54, 1.807) is 0 Å².